The van der Waals surface area contributed by atoms with Crippen LogP contribution in [0.4, 0.5) is 0 Å². The second-order valence-electron chi connectivity index (χ2n) is 3.43. The van der Waals surface area contributed by atoms with Gasteiger partial charge in [0.25, 0.3) is 0 Å². The van der Waals surface area contributed by atoms with Crippen molar-refractivity contribution in [3.63, 3.8) is 0 Å². The fourth-order valence-electron chi connectivity index (χ4n) is 1.58. The average Bonchev–Trinajstić information content (AvgIpc) is 2.48. The van der Waals surface area contributed by atoms with Gasteiger partial charge in [-0.3, -0.25) is 0 Å². The molecule has 0 aliphatic carbocycles. The Kier molecular flexibility index (Phi) is 2.21. The van der Waals surface area contributed by atoms with Crippen LogP contribution in [0.25, 0.3) is 0 Å². The van der Waals surface area contributed by atoms with E-state index in [4.69, 9.17) is 17.3 Å². The molecule has 1 aromatic rings. The molecule has 0 aromatic heterocycles. The zero-order valence-electron chi connectivity index (χ0n) is 7.57. The lowest BCUT2D eigenvalue weighted by atomic mass is 10.0. The summed E-state index contributed by atoms with van der Waals surface area (Å²) in [4.78, 5) is 4.03. The fourth-order valence-corrected chi connectivity index (χ4v) is 1.70. The first-order valence-electron chi connectivity index (χ1n) is 4.43. The first-order chi connectivity index (χ1) is 6.60. The molecule has 0 radical (unpaired) electrons. The standard InChI is InChI=1S/C10H11ClN2O/c11-8-3-1-7(2-4-8)10(14)6-5-9(12)13-10/h1-4,14H,5-6H2,(H2,12,13)/t10-/m1/s1. The van der Waals surface area contributed by atoms with Gasteiger partial charge in [-0.25, -0.2) is 4.99 Å². The molecule has 1 aliphatic heterocycles. The SMILES string of the molecule is NC1=N[C@](O)(c2ccc(Cl)cc2)CC1. The highest BCUT2D eigenvalue weighted by molar-refractivity contribution is 6.30. The fraction of sp³-hybridized carbons (Fsp3) is 0.300. The Bertz CT molecular complexity index is 374. The lowest BCUT2D eigenvalue weighted by molar-refractivity contribution is 0.0484. The van der Waals surface area contributed by atoms with E-state index < -0.39 is 5.72 Å². The number of hydrogen-bond donors (Lipinski definition) is 2. The molecular formula is C10H11ClN2O. The second kappa shape index (κ2) is 3.26. The first-order valence-corrected chi connectivity index (χ1v) is 4.80. The van der Waals surface area contributed by atoms with Crippen LogP contribution in [0.1, 0.15) is 18.4 Å². The molecule has 3 nitrogen and oxygen atoms in total. The Labute approximate surface area is 87.2 Å². The molecular weight excluding hydrogens is 200 g/mol. The van der Waals surface area contributed by atoms with Crippen molar-refractivity contribution in [3.05, 3.63) is 34.9 Å². The van der Waals surface area contributed by atoms with Gasteiger partial charge in [0, 0.05) is 23.4 Å². The van der Waals surface area contributed by atoms with E-state index in [-0.39, 0.29) is 0 Å². The summed E-state index contributed by atoms with van der Waals surface area (Å²) in [7, 11) is 0. The third-order valence-corrected chi connectivity index (χ3v) is 2.62. The number of amidine groups is 1. The summed E-state index contributed by atoms with van der Waals surface area (Å²) in [5.74, 6) is 0.502. The second-order valence-corrected chi connectivity index (χ2v) is 3.86. The number of aliphatic hydroxyl groups is 1. The van der Waals surface area contributed by atoms with Gasteiger partial charge in [-0.05, 0) is 12.1 Å². The Morgan fingerprint density at radius 1 is 1.36 bits per heavy atom. The summed E-state index contributed by atoms with van der Waals surface area (Å²) in [6.45, 7) is 0. The molecule has 0 unspecified atom stereocenters. The first kappa shape index (κ1) is 9.49. The number of halogens is 1. The van der Waals surface area contributed by atoms with E-state index in [1.165, 1.54) is 0 Å². The van der Waals surface area contributed by atoms with E-state index in [2.05, 4.69) is 4.99 Å². The van der Waals surface area contributed by atoms with Crippen LogP contribution in [-0.4, -0.2) is 10.9 Å². The van der Waals surface area contributed by atoms with Gasteiger partial charge in [-0.1, -0.05) is 23.7 Å². The van der Waals surface area contributed by atoms with Gasteiger partial charge in [-0.15, -0.1) is 0 Å². The van der Waals surface area contributed by atoms with Crippen LogP contribution in [0.5, 0.6) is 0 Å². The van der Waals surface area contributed by atoms with Crippen LogP contribution in [0.15, 0.2) is 29.3 Å². The van der Waals surface area contributed by atoms with Crippen molar-refractivity contribution >= 4 is 17.4 Å². The predicted octanol–water partition coefficient (Wildman–Crippen LogP) is 1.64. The van der Waals surface area contributed by atoms with Gasteiger partial charge in [0.05, 0.1) is 5.84 Å². The summed E-state index contributed by atoms with van der Waals surface area (Å²) < 4.78 is 0. The molecule has 0 amide bonds. The highest BCUT2D eigenvalue weighted by atomic mass is 35.5. The molecule has 14 heavy (non-hydrogen) atoms. The van der Waals surface area contributed by atoms with Crippen LogP contribution in [0.3, 0.4) is 0 Å². The molecule has 0 spiro atoms. The maximum Gasteiger partial charge on any atom is 0.184 e. The van der Waals surface area contributed by atoms with Crippen LogP contribution in [-0.2, 0) is 5.72 Å². The minimum absolute atomic E-state index is 0.502. The Balaban J connectivity index is 2.35. The minimum atomic E-state index is -1.14. The molecule has 0 saturated heterocycles. The molecule has 0 fully saturated rings. The van der Waals surface area contributed by atoms with Crippen LogP contribution < -0.4 is 5.73 Å². The maximum absolute atomic E-state index is 10.1. The third kappa shape index (κ3) is 1.61. The quantitative estimate of drug-likeness (QED) is 0.740. The number of hydrogen-bond acceptors (Lipinski definition) is 3. The molecule has 1 heterocycles. The number of rotatable bonds is 1. The van der Waals surface area contributed by atoms with Crippen molar-refractivity contribution < 1.29 is 5.11 Å². The van der Waals surface area contributed by atoms with Gasteiger partial charge in [0.15, 0.2) is 5.72 Å². The number of nitrogens with two attached hydrogens (primary N) is 1. The summed E-state index contributed by atoms with van der Waals surface area (Å²) in [6.07, 6.45) is 1.18. The zero-order chi connectivity index (χ0) is 10.2. The van der Waals surface area contributed by atoms with E-state index in [0.717, 1.165) is 5.56 Å². The molecule has 0 bridgehead atoms. The van der Waals surface area contributed by atoms with Gasteiger partial charge < -0.3 is 10.8 Å². The monoisotopic (exact) mass is 210 g/mol. The van der Waals surface area contributed by atoms with E-state index in [1.807, 2.05) is 0 Å². The maximum atomic E-state index is 10.1. The zero-order valence-corrected chi connectivity index (χ0v) is 8.33. The number of benzene rings is 1. The number of nitrogens with zero attached hydrogens (tertiary/aromatic N) is 1. The van der Waals surface area contributed by atoms with Crippen molar-refractivity contribution in [2.75, 3.05) is 0 Å². The van der Waals surface area contributed by atoms with E-state index in [9.17, 15) is 5.11 Å². The summed E-state index contributed by atoms with van der Waals surface area (Å²) in [5.41, 5.74) is 5.14. The molecule has 4 heteroatoms. The van der Waals surface area contributed by atoms with Crippen molar-refractivity contribution in [1.82, 2.24) is 0 Å². The van der Waals surface area contributed by atoms with Gasteiger partial charge in [0.1, 0.15) is 0 Å². The van der Waals surface area contributed by atoms with Crippen LogP contribution >= 0.6 is 11.6 Å². The summed E-state index contributed by atoms with van der Waals surface area (Å²) in [6, 6.07) is 7.01. The normalized spacial score (nSPS) is 26.3. The molecule has 3 N–H and O–H groups in total. The van der Waals surface area contributed by atoms with Crippen molar-refractivity contribution in [1.29, 1.82) is 0 Å². The molecule has 74 valence electrons. The highest BCUT2D eigenvalue weighted by Crippen LogP contribution is 2.33. The molecule has 2 rings (SSSR count). The van der Waals surface area contributed by atoms with E-state index in [1.54, 1.807) is 24.3 Å². The number of aliphatic imine (C=N–C) groups is 1. The van der Waals surface area contributed by atoms with Crippen molar-refractivity contribution in [2.45, 2.75) is 18.6 Å². The minimum Gasteiger partial charge on any atom is -0.387 e. The Morgan fingerprint density at radius 2 is 2.00 bits per heavy atom. The van der Waals surface area contributed by atoms with Gasteiger partial charge in [-0.2, -0.15) is 0 Å². The lowest BCUT2D eigenvalue weighted by Crippen LogP contribution is -2.19. The van der Waals surface area contributed by atoms with Crippen LogP contribution in [0, 0.1) is 0 Å². The summed E-state index contributed by atoms with van der Waals surface area (Å²) >= 11 is 5.75. The lowest BCUT2D eigenvalue weighted by Gasteiger charge is -2.18. The molecule has 1 aliphatic rings. The molecule has 0 saturated carbocycles. The third-order valence-electron chi connectivity index (χ3n) is 2.36. The van der Waals surface area contributed by atoms with Crippen LogP contribution in [0.2, 0.25) is 5.02 Å². The molecule has 1 atom stereocenters. The average molecular weight is 211 g/mol. The van der Waals surface area contributed by atoms with E-state index >= 15 is 0 Å². The van der Waals surface area contributed by atoms with Crippen molar-refractivity contribution in [3.8, 4) is 0 Å². The Hall–Kier alpha value is -1.06. The molecule has 1 aromatic carbocycles. The van der Waals surface area contributed by atoms with Crippen molar-refractivity contribution in [2.24, 2.45) is 10.7 Å². The van der Waals surface area contributed by atoms with E-state index in [0.29, 0.717) is 23.7 Å². The van der Waals surface area contributed by atoms with Gasteiger partial charge >= 0.3 is 0 Å². The van der Waals surface area contributed by atoms with Gasteiger partial charge in [0.2, 0.25) is 0 Å². The predicted molar refractivity (Wildman–Crippen MR) is 56.2 cm³/mol. The Morgan fingerprint density at radius 3 is 2.50 bits per heavy atom. The highest BCUT2D eigenvalue weighted by Gasteiger charge is 2.33. The summed E-state index contributed by atoms with van der Waals surface area (Å²) in [5, 5.41) is 10.8. The smallest absolute Gasteiger partial charge is 0.184 e. The topological polar surface area (TPSA) is 58.6 Å². The largest absolute Gasteiger partial charge is 0.387 e.